The molecular weight excluding hydrogens is 332 g/mol. The van der Waals surface area contributed by atoms with Gasteiger partial charge in [-0.15, -0.1) is 0 Å². The summed E-state index contributed by atoms with van der Waals surface area (Å²) in [6.07, 6.45) is 4.93. The minimum absolute atomic E-state index is 0.0463. The Bertz CT molecular complexity index is 920. The lowest BCUT2D eigenvalue weighted by molar-refractivity contribution is 0.0955. The van der Waals surface area contributed by atoms with Crippen molar-refractivity contribution >= 4 is 12.1 Å². The van der Waals surface area contributed by atoms with E-state index in [1.54, 1.807) is 35.1 Å². The summed E-state index contributed by atoms with van der Waals surface area (Å²) in [5.41, 5.74) is 4.34. The van der Waals surface area contributed by atoms with Crippen molar-refractivity contribution in [3.05, 3.63) is 77.6 Å². The molecule has 0 radical (unpaired) electrons. The molecule has 0 atom stereocenters. The van der Waals surface area contributed by atoms with Crippen LogP contribution in [0.1, 0.15) is 21.5 Å². The molecule has 2 N–H and O–H groups in total. The zero-order chi connectivity index (χ0) is 18.4. The van der Waals surface area contributed by atoms with E-state index in [2.05, 4.69) is 15.6 Å². The maximum absolute atomic E-state index is 12.3. The number of amides is 1. The molecule has 1 amide bonds. The predicted molar refractivity (Wildman–Crippen MR) is 97.5 cm³/mol. The first kappa shape index (κ1) is 17.2. The normalized spacial score (nSPS) is 10.8. The van der Waals surface area contributed by atoms with Gasteiger partial charge in [0.05, 0.1) is 19.9 Å². The highest BCUT2D eigenvalue weighted by Gasteiger charge is 2.06. The summed E-state index contributed by atoms with van der Waals surface area (Å²) < 4.78 is 6.87. The molecule has 7 heteroatoms. The fourth-order valence-electron chi connectivity index (χ4n) is 2.38. The molecule has 3 rings (SSSR count). The lowest BCUT2D eigenvalue weighted by Gasteiger charge is -2.05. The Labute approximate surface area is 150 Å². The van der Waals surface area contributed by atoms with Crippen molar-refractivity contribution in [3.8, 4) is 11.5 Å². The van der Waals surface area contributed by atoms with Crippen LogP contribution >= 0.6 is 0 Å². The molecule has 3 aromatic rings. The molecule has 0 aliphatic carbocycles. The van der Waals surface area contributed by atoms with Crippen molar-refractivity contribution < 1.29 is 14.6 Å². The van der Waals surface area contributed by atoms with Crippen LogP contribution < -0.4 is 10.2 Å². The molecule has 0 spiro atoms. The molecule has 0 bridgehead atoms. The van der Waals surface area contributed by atoms with Crippen molar-refractivity contribution in [1.29, 1.82) is 0 Å². The number of phenols is 1. The van der Waals surface area contributed by atoms with Crippen LogP contribution in [-0.2, 0) is 6.54 Å². The molecule has 0 saturated carbocycles. The van der Waals surface area contributed by atoms with E-state index in [-0.39, 0.29) is 11.7 Å². The van der Waals surface area contributed by atoms with Crippen molar-refractivity contribution in [2.45, 2.75) is 6.54 Å². The van der Waals surface area contributed by atoms with E-state index in [4.69, 9.17) is 4.74 Å². The maximum Gasteiger partial charge on any atom is 0.271 e. The molecule has 132 valence electrons. The van der Waals surface area contributed by atoms with Crippen LogP contribution in [0.4, 0.5) is 0 Å². The third-order valence-electron chi connectivity index (χ3n) is 3.70. The molecule has 26 heavy (non-hydrogen) atoms. The zero-order valence-electron chi connectivity index (χ0n) is 14.2. The van der Waals surface area contributed by atoms with Gasteiger partial charge in [-0.1, -0.05) is 12.1 Å². The second-order valence-electron chi connectivity index (χ2n) is 5.53. The Morgan fingerprint density at radius 3 is 2.96 bits per heavy atom. The molecular formula is C19H18N4O3. The Kier molecular flexibility index (Phi) is 5.28. The summed E-state index contributed by atoms with van der Waals surface area (Å²) in [6.45, 7) is 0.578. The van der Waals surface area contributed by atoms with Crippen molar-refractivity contribution in [2.24, 2.45) is 5.10 Å². The molecule has 2 aromatic carbocycles. The molecule has 0 aliphatic rings. The van der Waals surface area contributed by atoms with Crippen molar-refractivity contribution in [1.82, 2.24) is 15.2 Å². The first-order valence-electron chi connectivity index (χ1n) is 7.92. The standard InChI is InChI=1S/C19H18N4O3/c1-26-17-6-7-18(24)16(11-17)12-20-22-19(25)15-5-2-4-14(10-15)13-23-9-3-8-21-23/h2-12,24H,13H2,1H3,(H,22,25). The van der Waals surface area contributed by atoms with Gasteiger partial charge in [-0.25, -0.2) is 5.43 Å². The van der Waals surface area contributed by atoms with Gasteiger partial charge in [0.1, 0.15) is 11.5 Å². The first-order valence-corrected chi connectivity index (χ1v) is 7.92. The van der Waals surface area contributed by atoms with Gasteiger partial charge in [-0.2, -0.15) is 10.2 Å². The van der Waals surface area contributed by atoms with E-state index in [9.17, 15) is 9.90 Å². The minimum Gasteiger partial charge on any atom is -0.507 e. The largest absolute Gasteiger partial charge is 0.507 e. The van der Waals surface area contributed by atoms with Crippen LogP contribution in [0.25, 0.3) is 0 Å². The smallest absolute Gasteiger partial charge is 0.271 e. The Balaban J connectivity index is 1.66. The number of carbonyl (C=O) groups excluding carboxylic acids is 1. The van der Waals surface area contributed by atoms with Gasteiger partial charge in [0.25, 0.3) is 5.91 Å². The van der Waals surface area contributed by atoms with Gasteiger partial charge in [0.15, 0.2) is 0 Å². The van der Waals surface area contributed by atoms with E-state index in [1.165, 1.54) is 19.4 Å². The third-order valence-corrected chi connectivity index (χ3v) is 3.70. The van der Waals surface area contributed by atoms with E-state index in [0.29, 0.717) is 23.4 Å². The number of rotatable bonds is 6. The number of ether oxygens (including phenoxy) is 1. The summed E-state index contributed by atoms with van der Waals surface area (Å²) in [7, 11) is 1.53. The topological polar surface area (TPSA) is 88.7 Å². The van der Waals surface area contributed by atoms with Gasteiger partial charge in [-0.05, 0) is 42.0 Å². The highest BCUT2D eigenvalue weighted by Crippen LogP contribution is 2.20. The number of aromatic hydroxyl groups is 1. The molecule has 0 unspecified atom stereocenters. The second kappa shape index (κ2) is 7.98. The van der Waals surface area contributed by atoms with Crippen LogP contribution in [0.15, 0.2) is 66.0 Å². The van der Waals surface area contributed by atoms with Crippen molar-refractivity contribution in [3.63, 3.8) is 0 Å². The van der Waals surface area contributed by atoms with Crippen LogP contribution in [0.3, 0.4) is 0 Å². The monoisotopic (exact) mass is 350 g/mol. The molecule has 7 nitrogen and oxygen atoms in total. The van der Waals surface area contributed by atoms with Crippen LogP contribution in [0, 0.1) is 0 Å². The lowest BCUT2D eigenvalue weighted by atomic mass is 10.1. The zero-order valence-corrected chi connectivity index (χ0v) is 14.2. The highest BCUT2D eigenvalue weighted by molar-refractivity contribution is 5.95. The summed E-state index contributed by atoms with van der Waals surface area (Å²) in [6, 6.07) is 13.8. The molecule has 1 aromatic heterocycles. The number of phenolic OH excluding ortho intramolecular Hbond substituents is 1. The third kappa shape index (κ3) is 4.27. The summed E-state index contributed by atoms with van der Waals surface area (Å²) in [4.78, 5) is 12.3. The minimum atomic E-state index is -0.342. The van der Waals surface area contributed by atoms with Gasteiger partial charge >= 0.3 is 0 Å². The molecule has 0 aliphatic heterocycles. The highest BCUT2D eigenvalue weighted by atomic mass is 16.5. The van der Waals surface area contributed by atoms with Gasteiger partial charge in [0, 0.05) is 23.5 Å². The first-order chi connectivity index (χ1) is 12.7. The van der Waals surface area contributed by atoms with E-state index >= 15 is 0 Å². The number of nitrogens with one attached hydrogen (secondary N) is 1. The number of methoxy groups -OCH3 is 1. The van der Waals surface area contributed by atoms with Gasteiger partial charge < -0.3 is 9.84 Å². The maximum atomic E-state index is 12.3. The average Bonchev–Trinajstić information content (AvgIpc) is 3.16. The summed E-state index contributed by atoms with van der Waals surface area (Å²) in [5, 5.41) is 17.9. The van der Waals surface area contributed by atoms with Crippen molar-refractivity contribution in [2.75, 3.05) is 7.11 Å². The van der Waals surface area contributed by atoms with Gasteiger partial charge in [-0.3, -0.25) is 9.48 Å². The number of carbonyl (C=O) groups is 1. The molecule has 1 heterocycles. The van der Waals surface area contributed by atoms with E-state index in [1.807, 2.05) is 24.4 Å². The van der Waals surface area contributed by atoms with Crippen LogP contribution in [0.2, 0.25) is 0 Å². The van der Waals surface area contributed by atoms with Crippen LogP contribution in [0.5, 0.6) is 11.5 Å². The SMILES string of the molecule is COc1ccc(O)c(C=NNC(=O)c2cccc(Cn3cccn3)c2)c1. The molecule has 0 saturated heterocycles. The molecule has 0 fully saturated rings. The Hall–Kier alpha value is -3.61. The van der Waals surface area contributed by atoms with E-state index < -0.39 is 0 Å². The fourth-order valence-corrected chi connectivity index (χ4v) is 2.38. The lowest BCUT2D eigenvalue weighted by Crippen LogP contribution is -2.18. The quantitative estimate of drug-likeness (QED) is 0.528. The van der Waals surface area contributed by atoms with E-state index in [0.717, 1.165) is 5.56 Å². The van der Waals surface area contributed by atoms with Crippen LogP contribution in [-0.4, -0.2) is 34.1 Å². The summed E-state index contributed by atoms with van der Waals surface area (Å²) in [5.74, 6) is 0.290. The van der Waals surface area contributed by atoms with Gasteiger partial charge in [0.2, 0.25) is 0 Å². The fraction of sp³-hybridized carbons (Fsp3) is 0.105. The number of nitrogens with zero attached hydrogens (tertiary/aromatic N) is 3. The number of hydrogen-bond donors (Lipinski definition) is 2. The summed E-state index contributed by atoms with van der Waals surface area (Å²) >= 11 is 0. The Morgan fingerprint density at radius 1 is 1.31 bits per heavy atom. The average molecular weight is 350 g/mol. The second-order valence-corrected chi connectivity index (χ2v) is 5.53. The number of aromatic nitrogens is 2. The Morgan fingerprint density at radius 2 is 2.19 bits per heavy atom. The number of hydrazone groups is 1. The predicted octanol–water partition coefficient (Wildman–Crippen LogP) is 2.41. The number of benzene rings is 2. The number of hydrogen-bond acceptors (Lipinski definition) is 5.